The topological polar surface area (TPSA) is 21.3 Å². The molecule has 3 aromatic heterocycles. The lowest BCUT2D eigenvalue weighted by molar-refractivity contribution is 1.11. The number of para-hydroxylation sites is 8. The maximum Gasteiger partial charge on any atom is 0.252 e. The third-order valence-corrected chi connectivity index (χ3v) is 20.0. The first-order valence-electron chi connectivity index (χ1n) is 26.0. The molecule has 9 heterocycles. The second-order valence-corrected chi connectivity index (χ2v) is 23.3. The van der Waals surface area contributed by atoms with Gasteiger partial charge in [-0.05, 0) is 124 Å². The van der Waals surface area contributed by atoms with E-state index < -0.39 is 0 Å². The van der Waals surface area contributed by atoms with E-state index in [2.05, 4.69) is 236 Å². The predicted molar refractivity (Wildman–Crippen MR) is 316 cm³/mol. The lowest BCUT2D eigenvalue weighted by atomic mass is 9.30. The molecule has 342 valence electrons. The summed E-state index contributed by atoms with van der Waals surface area (Å²) in [5.74, 6) is 0. The van der Waals surface area contributed by atoms with Crippen molar-refractivity contribution < 1.29 is 0 Å². The fraction of sp³-hybridized carbons (Fsp3) is 0. The Morgan fingerprint density at radius 1 is 0.280 bits per heavy atom. The van der Waals surface area contributed by atoms with Crippen LogP contribution in [-0.4, -0.2) is 27.1 Å². The molecule has 0 fully saturated rings. The molecule has 0 bridgehead atoms. The van der Waals surface area contributed by atoms with Crippen LogP contribution in [0.4, 0.5) is 34.1 Å². The van der Waals surface area contributed by atoms with E-state index in [0.29, 0.717) is 0 Å². The zero-order valence-electron chi connectivity index (χ0n) is 39.9. The van der Waals surface area contributed by atoms with E-state index >= 15 is 0 Å². The molecule has 0 saturated carbocycles. The summed E-state index contributed by atoms with van der Waals surface area (Å²) in [6.07, 6.45) is 0. The summed E-state index contributed by atoms with van der Waals surface area (Å²) in [5, 5.41) is 7.78. The largest absolute Gasteiger partial charge is 0.311 e. The van der Waals surface area contributed by atoms with E-state index in [0.717, 1.165) is 5.69 Å². The molecule has 11 aromatic carbocycles. The SMILES string of the molecule is c1ccc2c(c1)Sc1ccccc1N2c1ccc2c(c1)c1cc(N3c4ccccc4Sc4ccccc43)cc3c1n2-c1cc2c4c5c1B3c1cccc3c6cccc(c6n-5c13)B4c1cccc3c4ccccc4n-2c13. The van der Waals surface area contributed by atoms with Gasteiger partial charge in [0.2, 0.25) is 0 Å². The quantitative estimate of drug-likeness (QED) is 0.161. The smallest absolute Gasteiger partial charge is 0.252 e. The van der Waals surface area contributed by atoms with Crippen molar-refractivity contribution in [2.45, 2.75) is 19.6 Å². The van der Waals surface area contributed by atoms with Crippen LogP contribution in [0.1, 0.15) is 0 Å². The number of rotatable bonds is 2. The van der Waals surface area contributed by atoms with E-state index in [9.17, 15) is 0 Å². The summed E-state index contributed by atoms with van der Waals surface area (Å²) in [4.78, 5) is 10.1. The molecule has 9 heteroatoms. The van der Waals surface area contributed by atoms with Crippen molar-refractivity contribution in [3.8, 4) is 17.1 Å². The van der Waals surface area contributed by atoms with Crippen LogP contribution in [0.25, 0.3) is 82.5 Å². The van der Waals surface area contributed by atoms with E-state index in [1.165, 1.54) is 163 Å². The van der Waals surface area contributed by atoms with Crippen molar-refractivity contribution in [3.63, 3.8) is 0 Å². The third-order valence-electron chi connectivity index (χ3n) is 17.7. The van der Waals surface area contributed by atoms with Gasteiger partial charge in [-0.25, -0.2) is 0 Å². The molecule has 14 aromatic rings. The molecule has 0 N–H and O–H groups in total. The number of anilines is 6. The Morgan fingerprint density at radius 2 is 0.707 bits per heavy atom. The van der Waals surface area contributed by atoms with E-state index in [1.54, 1.807) is 0 Å². The zero-order chi connectivity index (χ0) is 48.1. The molecule has 0 atom stereocenters. The fourth-order valence-electron chi connectivity index (χ4n) is 15.1. The van der Waals surface area contributed by atoms with Crippen LogP contribution in [0.3, 0.4) is 0 Å². The van der Waals surface area contributed by atoms with Gasteiger partial charge < -0.3 is 23.5 Å². The Balaban J connectivity index is 0.976. The first kappa shape index (κ1) is 38.8. The predicted octanol–water partition coefficient (Wildman–Crippen LogP) is 13.1. The number of hydrogen-bond acceptors (Lipinski definition) is 4. The molecule has 5 nitrogen and oxygen atoms in total. The summed E-state index contributed by atoms with van der Waals surface area (Å²) in [6, 6.07) is 81.2. The summed E-state index contributed by atoms with van der Waals surface area (Å²) >= 11 is 3.73. The van der Waals surface area contributed by atoms with Crippen molar-refractivity contribution >= 4 is 169 Å². The highest BCUT2D eigenvalue weighted by atomic mass is 32.2. The minimum atomic E-state index is -0.0390. The van der Waals surface area contributed by atoms with Gasteiger partial charge in [0.15, 0.2) is 0 Å². The van der Waals surface area contributed by atoms with Gasteiger partial charge in [-0.3, -0.25) is 0 Å². The van der Waals surface area contributed by atoms with Crippen LogP contribution in [0.2, 0.25) is 0 Å². The van der Waals surface area contributed by atoms with E-state index in [4.69, 9.17) is 0 Å². The van der Waals surface area contributed by atoms with Crippen LogP contribution in [0, 0.1) is 0 Å². The Kier molecular flexibility index (Phi) is 6.89. The molecular formula is C66H35B2N5S2. The molecule has 0 radical (unpaired) electrons. The summed E-state index contributed by atoms with van der Waals surface area (Å²) in [7, 11) is 0. The molecule has 75 heavy (non-hydrogen) atoms. The van der Waals surface area contributed by atoms with Crippen molar-refractivity contribution in [1.29, 1.82) is 0 Å². The number of aromatic nitrogens is 3. The molecule has 0 unspecified atom stereocenters. The minimum absolute atomic E-state index is 0.0390. The lowest BCUT2D eigenvalue weighted by Crippen LogP contribution is -2.66. The van der Waals surface area contributed by atoms with Crippen molar-refractivity contribution in [2.24, 2.45) is 0 Å². The van der Waals surface area contributed by atoms with E-state index in [-0.39, 0.29) is 13.4 Å². The molecule has 0 aliphatic carbocycles. The molecule has 6 aliphatic rings. The van der Waals surface area contributed by atoms with Gasteiger partial charge in [0, 0.05) is 102 Å². The second-order valence-electron chi connectivity index (χ2n) is 21.1. The highest BCUT2D eigenvalue weighted by Crippen LogP contribution is 2.55. The second kappa shape index (κ2) is 13.3. The Labute approximate surface area is 439 Å². The van der Waals surface area contributed by atoms with Gasteiger partial charge >= 0.3 is 0 Å². The molecule has 0 saturated heterocycles. The molecule has 0 amide bonds. The third kappa shape index (κ3) is 4.49. The average molecular weight is 984 g/mol. The molecular weight excluding hydrogens is 949 g/mol. The monoisotopic (exact) mass is 983 g/mol. The standard InChI is InChI=1S/C66H35B2N5S2/c1-2-21-48-38(14-1)39-15-11-18-44-62(39)71(48)54-35-55-61-66-60(54)67(44)45-19-12-16-40-41-17-13-20-46(64(41)73(66)63(40)45)68(61)47-34-37(70-52-24-5-9-28-58(52)75-59-29-10-6-25-53(59)70)33-43-42-32-36(30-31-49(42)72(55)65(43)47)69-50-22-3-7-26-56(50)74-57-27-8-4-23-51(57)69/h1-35H. The number of hydrogen-bond donors (Lipinski definition) is 0. The summed E-state index contributed by atoms with van der Waals surface area (Å²) < 4.78 is 8.04. The van der Waals surface area contributed by atoms with Crippen LogP contribution in [0.15, 0.2) is 232 Å². The number of benzene rings is 11. The maximum atomic E-state index is 2.73. The highest BCUT2D eigenvalue weighted by Gasteiger charge is 2.49. The van der Waals surface area contributed by atoms with Crippen LogP contribution in [0.5, 0.6) is 0 Å². The van der Waals surface area contributed by atoms with Gasteiger partial charge in [-0.15, -0.1) is 0 Å². The molecule has 0 spiro atoms. The lowest BCUT2D eigenvalue weighted by Gasteiger charge is -2.41. The van der Waals surface area contributed by atoms with Crippen molar-refractivity contribution in [2.75, 3.05) is 9.80 Å². The molecule has 20 rings (SSSR count). The summed E-state index contributed by atoms with van der Waals surface area (Å²) in [5.41, 5.74) is 27.2. The molecule has 6 aliphatic heterocycles. The van der Waals surface area contributed by atoms with Crippen molar-refractivity contribution in [1.82, 2.24) is 13.7 Å². The van der Waals surface area contributed by atoms with Gasteiger partial charge in [0.25, 0.3) is 13.4 Å². The van der Waals surface area contributed by atoms with Crippen LogP contribution < -0.4 is 42.6 Å². The number of nitrogens with zero attached hydrogens (tertiary/aromatic N) is 5. The maximum absolute atomic E-state index is 2.73. The highest BCUT2D eigenvalue weighted by molar-refractivity contribution is 8.00. The van der Waals surface area contributed by atoms with Gasteiger partial charge in [0.05, 0.1) is 33.8 Å². The van der Waals surface area contributed by atoms with Crippen LogP contribution >= 0.6 is 23.5 Å². The van der Waals surface area contributed by atoms with E-state index in [1.807, 2.05) is 23.5 Å². The Bertz CT molecular complexity index is 4990. The average Bonchev–Trinajstić information content (AvgIpc) is 4.32. The van der Waals surface area contributed by atoms with Gasteiger partial charge in [-0.1, -0.05) is 145 Å². The minimum Gasteiger partial charge on any atom is -0.311 e. The van der Waals surface area contributed by atoms with Crippen LogP contribution in [-0.2, 0) is 0 Å². The van der Waals surface area contributed by atoms with Gasteiger partial charge in [0.1, 0.15) is 0 Å². The summed E-state index contributed by atoms with van der Waals surface area (Å²) in [6.45, 7) is 0.0235. The number of fused-ring (bicyclic) bond motifs is 17. The Morgan fingerprint density at radius 3 is 1.28 bits per heavy atom. The normalized spacial score (nSPS) is 14.5. The fourth-order valence-corrected chi connectivity index (χ4v) is 17.2. The van der Waals surface area contributed by atoms with Gasteiger partial charge in [-0.2, -0.15) is 0 Å². The first-order valence-corrected chi connectivity index (χ1v) is 27.6. The van der Waals surface area contributed by atoms with Crippen molar-refractivity contribution in [3.05, 3.63) is 212 Å². The Hall–Kier alpha value is -8.75. The zero-order valence-corrected chi connectivity index (χ0v) is 41.5. The first-order chi connectivity index (χ1) is 37.2.